The summed E-state index contributed by atoms with van der Waals surface area (Å²) in [6.45, 7) is 3.52. The smallest absolute Gasteiger partial charge is 0.250 e. The minimum absolute atomic E-state index is 0.0131. The maximum Gasteiger partial charge on any atom is 0.250 e. The Kier molecular flexibility index (Phi) is 5.58. The maximum atomic E-state index is 13.8. The molecule has 0 aromatic carbocycles. The predicted molar refractivity (Wildman–Crippen MR) is 86.1 cm³/mol. The molecule has 3 atom stereocenters. The number of likely N-dealkylation sites (tertiary alicyclic amines) is 1. The van der Waals surface area contributed by atoms with Crippen LogP contribution < -0.4 is 5.32 Å². The first-order valence-corrected chi connectivity index (χ1v) is 8.84. The topological polar surface area (TPSA) is 57.7 Å². The number of nitrogens with zero attached hydrogens (tertiary/aromatic N) is 3. The summed E-state index contributed by atoms with van der Waals surface area (Å²) in [4.78, 5) is 20.6. The van der Waals surface area contributed by atoms with Gasteiger partial charge in [0, 0.05) is 43.8 Å². The zero-order valence-corrected chi connectivity index (χ0v) is 14.1. The highest BCUT2D eigenvalue weighted by molar-refractivity contribution is 7.09. The Bertz CT molecular complexity index is 516. The third kappa shape index (κ3) is 4.47. The summed E-state index contributed by atoms with van der Waals surface area (Å²) in [7, 11) is 1.98. The number of nitrogens with one attached hydrogen (secondary N) is 1. The molecule has 8 heteroatoms. The number of rotatable bonds is 5. The standard InChI is InChI=1S/C15H23FN4O2S/c1-19-3-4-22-13(9-19)15(21)18-7-12-6-11(16)8-20(12)10-14-17-2-5-23-14/h2,5,11-13H,3-4,6-10H2,1H3,(H,18,21)/t11-,12-,13+/m0/s1. The summed E-state index contributed by atoms with van der Waals surface area (Å²) in [5.74, 6) is -0.104. The number of likely N-dealkylation sites (N-methyl/N-ethyl adjacent to an activating group) is 1. The lowest BCUT2D eigenvalue weighted by Gasteiger charge is -2.30. The molecule has 0 spiro atoms. The normalized spacial score (nSPS) is 29.7. The van der Waals surface area contributed by atoms with Crippen LogP contribution in [-0.4, -0.2) is 78.8 Å². The first-order chi connectivity index (χ1) is 11.1. The quantitative estimate of drug-likeness (QED) is 0.845. The van der Waals surface area contributed by atoms with Crippen molar-refractivity contribution in [2.45, 2.75) is 31.3 Å². The molecule has 2 saturated heterocycles. The van der Waals surface area contributed by atoms with Crippen molar-refractivity contribution >= 4 is 17.2 Å². The van der Waals surface area contributed by atoms with Gasteiger partial charge in [0.15, 0.2) is 0 Å². The molecule has 6 nitrogen and oxygen atoms in total. The average Bonchev–Trinajstić information content (AvgIpc) is 3.15. The first kappa shape index (κ1) is 16.8. The van der Waals surface area contributed by atoms with Gasteiger partial charge in [0.05, 0.1) is 13.2 Å². The Hall–Kier alpha value is -1.09. The van der Waals surface area contributed by atoms with Crippen LogP contribution in [0, 0.1) is 0 Å². The second-order valence-corrected chi connectivity index (χ2v) is 7.19. The van der Waals surface area contributed by atoms with Crippen molar-refractivity contribution < 1.29 is 13.9 Å². The number of halogens is 1. The molecule has 0 aliphatic carbocycles. The zero-order chi connectivity index (χ0) is 16.2. The molecule has 3 heterocycles. The number of aromatic nitrogens is 1. The third-order valence-electron chi connectivity index (χ3n) is 4.37. The molecule has 0 bridgehead atoms. The number of ether oxygens (including phenoxy) is 1. The van der Waals surface area contributed by atoms with E-state index in [4.69, 9.17) is 4.74 Å². The number of amides is 1. The van der Waals surface area contributed by atoms with Crippen LogP contribution in [0.15, 0.2) is 11.6 Å². The average molecular weight is 342 g/mol. The van der Waals surface area contributed by atoms with E-state index in [0.717, 1.165) is 11.6 Å². The van der Waals surface area contributed by atoms with Crippen molar-refractivity contribution in [3.63, 3.8) is 0 Å². The van der Waals surface area contributed by atoms with Crippen LogP contribution in [0.2, 0.25) is 0 Å². The fraction of sp³-hybridized carbons (Fsp3) is 0.733. The number of hydrogen-bond donors (Lipinski definition) is 1. The lowest BCUT2D eigenvalue weighted by molar-refractivity contribution is -0.138. The molecule has 0 radical (unpaired) electrons. The fourth-order valence-electron chi connectivity index (χ4n) is 3.10. The summed E-state index contributed by atoms with van der Waals surface area (Å²) in [6, 6.07) is 0.0131. The van der Waals surface area contributed by atoms with Crippen molar-refractivity contribution in [3.05, 3.63) is 16.6 Å². The van der Waals surface area contributed by atoms with Crippen LogP contribution in [0.25, 0.3) is 0 Å². The molecule has 23 heavy (non-hydrogen) atoms. The Balaban J connectivity index is 1.50. The van der Waals surface area contributed by atoms with E-state index in [9.17, 15) is 9.18 Å². The van der Waals surface area contributed by atoms with E-state index < -0.39 is 12.3 Å². The monoisotopic (exact) mass is 342 g/mol. The SMILES string of the molecule is CN1CCO[C@@H](C(=O)NC[C@@H]2C[C@H](F)CN2Cc2nccs2)C1. The van der Waals surface area contributed by atoms with E-state index in [0.29, 0.717) is 39.2 Å². The third-order valence-corrected chi connectivity index (χ3v) is 5.14. The van der Waals surface area contributed by atoms with Gasteiger partial charge >= 0.3 is 0 Å². The van der Waals surface area contributed by atoms with Gasteiger partial charge in [-0.15, -0.1) is 11.3 Å². The lowest BCUT2D eigenvalue weighted by atomic mass is 10.2. The summed E-state index contributed by atoms with van der Waals surface area (Å²) in [5.41, 5.74) is 0. The molecule has 2 fully saturated rings. The van der Waals surface area contributed by atoms with Crippen molar-refractivity contribution in [3.8, 4) is 0 Å². The van der Waals surface area contributed by atoms with Gasteiger partial charge in [0.1, 0.15) is 17.3 Å². The van der Waals surface area contributed by atoms with Crippen LogP contribution in [0.1, 0.15) is 11.4 Å². The predicted octanol–water partition coefficient (Wildman–Crippen LogP) is 0.502. The number of alkyl halides is 1. The molecule has 2 aliphatic rings. The van der Waals surface area contributed by atoms with Crippen LogP contribution in [-0.2, 0) is 16.1 Å². The Labute approximate surface area is 139 Å². The minimum atomic E-state index is -0.839. The van der Waals surface area contributed by atoms with E-state index in [2.05, 4.69) is 20.1 Å². The Morgan fingerprint density at radius 1 is 1.57 bits per heavy atom. The van der Waals surface area contributed by atoms with Crippen LogP contribution in [0.3, 0.4) is 0 Å². The maximum absolute atomic E-state index is 13.8. The number of carbonyl (C=O) groups excluding carboxylic acids is 1. The van der Waals surface area contributed by atoms with Crippen LogP contribution >= 0.6 is 11.3 Å². The van der Waals surface area contributed by atoms with Gasteiger partial charge in [-0.2, -0.15) is 0 Å². The second-order valence-electron chi connectivity index (χ2n) is 6.21. The Morgan fingerprint density at radius 2 is 2.43 bits per heavy atom. The highest BCUT2D eigenvalue weighted by Gasteiger charge is 2.33. The minimum Gasteiger partial charge on any atom is -0.366 e. The number of hydrogen-bond acceptors (Lipinski definition) is 6. The molecule has 3 rings (SSSR count). The molecule has 128 valence electrons. The van der Waals surface area contributed by atoms with Crippen LogP contribution in [0.4, 0.5) is 4.39 Å². The van der Waals surface area contributed by atoms with Gasteiger partial charge in [0.25, 0.3) is 5.91 Å². The van der Waals surface area contributed by atoms with Crippen molar-refractivity contribution in [2.24, 2.45) is 0 Å². The Morgan fingerprint density at radius 3 is 3.17 bits per heavy atom. The largest absolute Gasteiger partial charge is 0.366 e. The van der Waals surface area contributed by atoms with E-state index in [-0.39, 0.29) is 11.9 Å². The van der Waals surface area contributed by atoms with Gasteiger partial charge < -0.3 is 15.0 Å². The molecule has 1 amide bonds. The van der Waals surface area contributed by atoms with Crippen molar-refractivity contribution in [1.29, 1.82) is 0 Å². The van der Waals surface area contributed by atoms with E-state index in [1.807, 2.05) is 12.4 Å². The molecular weight excluding hydrogens is 319 g/mol. The van der Waals surface area contributed by atoms with E-state index >= 15 is 0 Å². The van der Waals surface area contributed by atoms with Gasteiger partial charge in [-0.1, -0.05) is 0 Å². The second kappa shape index (κ2) is 7.65. The van der Waals surface area contributed by atoms with E-state index in [1.54, 1.807) is 17.5 Å². The van der Waals surface area contributed by atoms with Crippen molar-refractivity contribution in [1.82, 2.24) is 20.1 Å². The molecule has 1 N–H and O–H groups in total. The van der Waals surface area contributed by atoms with Gasteiger partial charge in [0.2, 0.25) is 0 Å². The molecular formula is C15H23FN4O2S. The molecule has 2 aliphatic heterocycles. The van der Waals surface area contributed by atoms with Gasteiger partial charge in [-0.05, 0) is 13.5 Å². The lowest BCUT2D eigenvalue weighted by Crippen LogP contribution is -2.50. The highest BCUT2D eigenvalue weighted by atomic mass is 32.1. The summed E-state index contributed by atoms with van der Waals surface area (Å²) < 4.78 is 19.3. The molecule has 0 unspecified atom stereocenters. The highest BCUT2D eigenvalue weighted by Crippen LogP contribution is 2.23. The first-order valence-electron chi connectivity index (χ1n) is 7.96. The number of morpholine rings is 1. The zero-order valence-electron chi connectivity index (χ0n) is 13.3. The number of carbonyl (C=O) groups is 1. The summed E-state index contributed by atoms with van der Waals surface area (Å²) in [5, 5.41) is 5.83. The fourth-order valence-corrected chi connectivity index (χ4v) is 3.74. The van der Waals surface area contributed by atoms with Crippen LogP contribution in [0.5, 0.6) is 0 Å². The van der Waals surface area contributed by atoms with Crippen molar-refractivity contribution in [2.75, 3.05) is 39.8 Å². The summed E-state index contributed by atoms with van der Waals surface area (Å²) >= 11 is 1.57. The van der Waals surface area contributed by atoms with Gasteiger partial charge in [-0.3, -0.25) is 9.69 Å². The summed E-state index contributed by atoms with van der Waals surface area (Å²) in [6.07, 6.45) is 0.950. The van der Waals surface area contributed by atoms with Gasteiger partial charge in [-0.25, -0.2) is 9.37 Å². The number of thiazole rings is 1. The molecule has 1 aromatic heterocycles. The molecule has 0 saturated carbocycles. The van der Waals surface area contributed by atoms with E-state index in [1.165, 1.54) is 0 Å². The molecule has 1 aromatic rings.